The van der Waals surface area contributed by atoms with Crippen LogP contribution in [-0.4, -0.2) is 25.8 Å². The van der Waals surface area contributed by atoms with E-state index in [1.165, 1.54) is 6.42 Å². The molecule has 3 unspecified atom stereocenters. The van der Waals surface area contributed by atoms with Crippen molar-refractivity contribution in [2.75, 3.05) is 0 Å². The van der Waals surface area contributed by atoms with E-state index in [0.29, 0.717) is 24.3 Å². The lowest BCUT2D eigenvalue weighted by Gasteiger charge is -2.17. The Balaban J connectivity index is 1.77. The topological polar surface area (TPSA) is 68.0 Å². The van der Waals surface area contributed by atoms with Crippen LogP contribution in [0.1, 0.15) is 31.0 Å². The molecular weight excluding hydrogens is 218 g/mol. The van der Waals surface area contributed by atoms with Gasteiger partial charge in [-0.3, -0.25) is 4.79 Å². The standard InChI is InChI=1S/C12H15N3O2/c16-11(17)3-4-15-7-13-14-12(15)10-6-8-1-2-9(10)5-8/h1-2,7-10H,3-6H2,(H,16,17). The van der Waals surface area contributed by atoms with Crippen molar-refractivity contribution in [2.24, 2.45) is 11.8 Å². The minimum absolute atomic E-state index is 0.127. The molecule has 0 aliphatic heterocycles. The molecule has 5 nitrogen and oxygen atoms in total. The molecule has 1 fully saturated rings. The van der Waals surface area contributed by atoms with Crippen LogP contribution in [0.25, 0.3) is 0 Å². The number of allylic oxidation sites excluding steroid dienone is 2. The molecule has 1 saturated carbocycles. The summed E-state index contributed by atoms with van der Waals surface area (Å²) in [5, 5.41) is 16.8. The van der Waals surface area contributed by atoms with Gasteiger partial charge in [-0.15, -0.1) is 10.2 Å². The number of carboxylic acid groups (broad SMARTS) is 1. The maximum atomic E-state index is 10.6. The first-order chi connectivity index (χ1) is 8.24. The number of aliphatic carboxylic acids is 1. The molecule has 1 aromatic rings. The number of fused-ring (bicyclic) bond motifs is 2. The van der Waals surface area contributed by atoms with E-state index in [0.717, 1.165) is 12.2 Å². The van der Waals surface area contributed by atoms with E-state index in [1.807, 2.05) is 4.57 Å². The average Bonchev–Trinajstić information content (AvgIpc) is 3.01. The number of nitrogens with zero attached hydrogens (tertiary/aromatic N) is 3. The largest absolute Gasteiger partial charge is 0.481 e. The van der Waals surface area contributed by atoms with Gasteiger partial charge >= 0.3 is 5.97 Å². The second kappa shape index (κ2) is 3.98. The van der Waals surface area contributed by atoms with Crippen LogP contribution in [0.3, 0.4) is 0 Å². The summed E-state index contributed by atoms with van der Waals surface area (Å²) >= 11 is 0. The van der Waals surface area contributed by atoms with Crippen LogP contribution in [0.5, 0.6) is 0 Å². The second-order valence-corrected chi connectivity index (χ2v) is 4.91. The van der Waals surface area contributed by atoms with Gasteiger partial charge < -0.3 is 9.67 Å². The van der Waals surface area contributed by atoms with Gasteiger partial charge in [-0.1, -0.05) is 12.2 Å². The van der Waals surface area contributed by atoms with Gasteiger partial charge in [-0.05, 0) is 24.7 Å². The molecule has 3 rings (SSSR count). The molecule has 1 heterocycles. The first-order valence-electron chi connectivity index (χ1n) is 6.02. The maximum Gasteiger partial charge on any atom is 0.305 e. The van der Waals surface area contributed by atoms with E-state index in [4.69, 9.17) is 5.11 Å². The highest BCUT2D eigenvalue weighted by atomic mass is 16.4. The molecule has 0 aromatic carbocycles. The first kappa shape index (κ1) is 10.5. The van der Waals surface area contributed by atoms with Crippen molar-refractivity contribution in [3.63, 3.8) is 0 Å². The minimum Gasteiger partial charge on any atom is -0.481 e. The van der Waals surface area contributed by atoms with Gasteiger partial charge in [-0.25, -0.2) is 0 Å². The predicted molar refractivity (Wildman–Crippen MR) is 60.4 cm³/mol. The van der Waals surface area contributed by atoms with Crippen molar-refractivity contribution in [2.45, 2.75) is 31.7 Å². The van der Waals surface area contributed by atoms with Crippen LogP contribution in [0.2, 0.25) is 0 Å². The molecule has 0 spiro atoms. The minimum atomic E-state index is -0.780. The lowest BCUT2D eigenvalue weighted by atomic mass is 9.93. The normalized spacial score (nSPS) is 30.0. The fourth-order valence-electron chi connectivity index (χ4n) is 3.02. The molecule has 2 aliphatic carbocycles. The summed E-state index contributed by atoms with van der Waals surface area (Å²) in [6.07, 6.45) is 8.69. The zero-order valence-corrected chi connectivity index (χ0v) is 9.49. The van der Waals surface area contributed by atoms with Crippen LogP contribution in [0, 0.1) is 11.8 Å². The third-order valence-corrected chi connectivity index (χ3v) is 3.82. The Bertz CT molecular complexity index is 466. The Morgan fingerprint density at radius 1 is 1.47 bits per heavy atom. The van der Waals surface area contributed by atoms with Gasteiger partial charge in [0, 0.05) is 12.5 Å². The molecule has 2 bridgehead atoms. The van der Waals surface area contributed by atoms with Gasteiger partial charge in [0.2, 0.25) is 0 Å². The molecule has 1 aromatic heterocycles. The number of rotatable bonds is 4. The number of hydrogen-bond acceptors (Lipinski definition) is 3. The van der Waals surface area contributed by atoms with E-state index in [9.17, 15) is 4.79 Å². The van der Waals surface area contributed by atoms with Crippen molar-refractivity contribution >= 4 is 5.97 Å². The summed E-state index contributed by atoms with van der Waals surface area (Å²) in [4.78, 5) is 10.6. The smallest absolute Gasteiger partial charge is 0.305 e. The van der Waals surface area contributed by atoms with Crippen molar-refractivity contribution in [1.29, 1.82) is 0 Å². The molecule has 90 valence electrons. The molecule has 1 N–H and O–H groups in total. The number of carbonyl (C=O) groups is 1. The molecule has 0 radical (unpaired) electrons. The monoisotopic (exact) mass is 233 g/mol. The van der Waals surface area contributed by atoms with Crippen LogP contribution in [0.15, 0.2) is 18.5 Å². The number of aryl methyl sites for hydroxylation is 1. The zero-order chi connectivity index (χ0) is 11.8. The quantitative estimate of drug-likeness (QED) is 0.799. The molecule has 2 aliphatic rings. The number of hydrogen-bond donors (Lipinski definition) is 1. The highest BCUT2D eigenvalue weighted by molar-refractivity contribution is 5.66. The summed E-state index contributed by atoms with van der Waals surface area (Å²) < 4.78 is 1.90. The number of carboxylic acids is 1. The molecule has 0 saturated heterocycles. The molecule has 3 atom stereocenters. The molecular formula is C12H15N3O2. The fourth-order valence-corrected chi connectivity index (χ4v) is 3.02. The van der Waals surface area contributed by atoms with E-state index in [-0.39, 0.29) is 6.42 Å². The molecule has 5 heteroatoms. The van der Waals surface area contributed by atoms with Crippen LogP contribution < -0.4 is 0 Å². The van der Waals surface area contributed by atoms with Crippen molar-refractivity contribution < 1.29 is 9.90 Å². The Morgan fingerprint density at radius 2 is 2.35 bits per heavy atom. The van der Waals surface area contributed by atoms with Crippen LogP contribution in [-0.2, 0) is 11.3 Å². The van der Waals surface area contributed by atoms with E-state index < -0.39 is 5.97 Å². The lowest BCUT2D eigenvalue weighted by Crippen LogP contribution is -2.14. The number of aromatic nitrogens is 3. The fraction of sp³-hybridized carbons (Fsp3) is 0.583. The van der Waals surface area contributed by atoms with E-state index in [1.54, 1.807) is 6.33 Å². The van der Waals surface area contributed by atoms with Crippen molar-refractivity contribution in [3.05, 3.63) is 24.3 Å². The SMILES string of the molecule is O=C(O)CCn1cnnc1C1CC2C=CC1C2. The molecule has 0 amide bonds. The van der Waals surface area contributed by atoms with E-state index in [2.05, 4.69) is 22.3 Å². The summed E-state index contributed by atoms with van der Waals surface area (Å²) in [6, 6.07) is 0. The molecule has 17 heavy (non-hydrogen) atoms. The van der Waals surface area contributed by atoms with Gasteiger partial charge in [0.15, 0.2) is 0 Å². The van der Waals surface area contributed by atoms with E-state index >= 15 is 0 Å². The van der Waals surface area contributed by atoms with Crippen molar-refractivity contribution in [3.8, 4) is 0 Å². The summed E-state index contributed by atoms with van der Waals surface area (Å²) in [6.45, 7) is 0.468. The van der Waals surface area contributed by atoms with Gasteiger partial charge in [0.1, 0.15) is 12.2 Å². The second-order valence-electron chi connectivity index (χ2n) is 4.91. The zero-order valence-electron chi connectivity index (χ0n) is 9.49. The lowest BCUT2D eigenvalue weighted by molar-refractivity contribution is -0.137. The highest BCUT2D eigenvalue weighted by Crippen LogP contribution is 2.48. The Morgan fingerprint density at radius 3 is 3.00 bits per heavy atom. The summed E-state index contributed by atoms with van der Waals surface area (Å²) in [5.74, 6) is 1.88. The summed E-state index contributed by atoms with van der Waals surface area (Å²) in [5.41, 5.74) is 0. The Hall–Kier alpha value is -1.65. The van der Waals surface area contributed by atoms with Crippen LogP contribution >= 0.6 is 0 Å². The third kappa shape index (κ3) is 1.85. The van der Waals surface area contributed by atoms with Crippen LogP contribution in [0.4, 0.5) is 0 Å². The maximum absolute atomic E-state index is 10.6. The average molecular weight is 233 g/mol. The Labute approximate surface area is 99.2 Å². The van der Waals surface area contributed by atoms with Gasteiger partial charge in [-0.2, -0.15) is 0 Å². The Kier molecular flexibility index (Phi) is 2.46. The van der Waals surface area contributed by atoms with Crippen molar-refractivity contribution in [1.82, 2.24) is 14.8 Å². The third-order valence-electron chi connectivity index (χ3n) is 3.82. The van der Waals surface area contributed by atoms with Gasteiger partial charge in [0.25, 0.3) is 0 Å². The summed E-state index contributed by atoms with van der Waals surface area (Å²) in [7, 11) is 0. The predicted octanol–water partition coefficient (Wildman–Crippen LogP) is 1.43. The first-order valence-corrected chi connectivity index (χ1v) is 6.02. The van der Waals surface area contributed by atoms with Gasteiger partial charge in [0.05, 0.1) is 6.42 Å². The highest BCUT2D eigenvalue weighted by Gasteiger charge is 2.38.